The van der Waals surface area contributed by atoms with E-state index in [1.807, 2.05) is 36.4 Å². The first-order valence-electron chi connectivity index (χ1n) is 10.1. The number of carbonyl (C=O) groups is 3. The van der Waals surface area contributed by atoms with Gasteiger partial charge in [0.15, 0.2) is 12.4 Å². The van der Waals surface area contributed by atoms with Crippen molar-refractivity contribution in [1.82, 2.24) is 9.80 Å². The van der Waals surface area contributed by atoms with Gasteiger partial charge in [-0.1, -0.05) is 13.3 Å². The number of nitrogens with zero attached hydrogens (tertiary/aromatic N) is 3. The summed E-state index contributed by atoms with van der Waals surface area (Å²) < 4.78 is 0. The molecule has 1 fully saturated rings. The second kappa shape index (κ2) is 8.03. The van der Waals surface area contributed by atoms with Gasteiger partial charge in [-0.05, 0) is 24.6 Å². The predicted octanol–water partition coefficient (Wildman–Crippen LogP) is 1.86. The number of nitrogens with one attached hydrogen (secondary N) is 1. The van der Waals surface area contributed by atoms with E-state index < -0.39 is 0 Å². The molecule has 0 aliphatic carbocycles. The van der Waals surface area contributed by atoms with Gasteiger partial charge in [0.25, 0.3) is 17.7 Å². The van der Waals surface area contributed by atoms with Gasteiger partial charge < -0.3 is 9.80 Å². The number of piperazine rings is 1. The number of amides is 3. The molecule has 1 aromatic heterocycles. The lowest BCUT2D eigenvalue weighted by Gasteiger charge is -2.35. The van der Waals surface area contributed by atoms with Gasteiger partial charge in [0.1, 0.15) is 0 Å². The van der Waals surface area contributed by atoms with Crippen molar-refractivity contribution in [2.75, 3.05) is 37.6 Å². The van der Waals surface area contributed by atoms with E-state index in [9.17, 15) is 14.4 Å². The summed E-state index contributed by atoms with van der Waals surface area (Å²) in [4.78, 5) is 46.4. The van der Waals surface area contributed by atoms with Crippen LogP contribution >= 0.6 is 0 Å². The molecule has 1 N–H and O–H groups in total. The molecule has 2 aromatic rings. The predicted molar refractivity (Wildman–Crippen MR) is 108 cm³/mol. The Labute approximate surface area is 169 Å². The zero-order chi connectivity index (χ0) is 20.4. The third-order valence-electron chi connectivity index (χ3n) is 5.59. The molecule has 1 aromatic carbocycles. The Balaban J connectivity index is 1.45. The fourth-order valence-corrected chi connectivity index (χ4v) is 3.88. The summed E-state index contributed by atoms with van der Waals surface area (Å²) in [6, 6.07) is 8.90. The Bertz CT molecular complexity index is 936. The Morgan fingerprint density at radius 2 is 1.66 bits per heavy atom. The minimum Gasteiger partial charge on any atom is -0.368 e. The van der Waals surface area contributed by atoms with Gasteiger partial charge in [-0.15, -0.1) is 0 Å². The molecular formula is C22H25N4O3+. The highest BCUT2D eigenvalue weighted by molar-refractivity contribution is 6.22. The first-order valence-corrected chi connectivity index (χ1v) is 10.1. The number of aromatic nitrogens is 1. The molecule has 1 saturated heterocycles. The Morgan fingerprint density at radius 1 is 0.966 bits per heavy atom. The maximum absolute atomic E-state index is 13.0. The van der Waals surface area contributed by atoms with Crippen molar-refractivity contribution in [2.45, 2.75) is 19.8 Å². The van der Waals surface area contributed by atoms with Crippen molar-refractivity contribution >= 4 is 23.4 Å². The van der Waals surface area contributed by atoms with E-state index in [1.165, 1.54) is 4.90 Å². The maximum atomic E-state index is 13.0. The lowest BCUT2D eigenvalue weighted by atomic mass is 10.0. The number of imide groups is 1. The number of aromatic amines is 1. The number of unbranched alkanes of at least 4 members (excludes halogenated alkanes) is 1. The molecule has 0 radical (unpaired) electrons. The molecule has 2 aliphatic rings. The second-order valence-electron chi connectivity index (χ2n) is 7.41. The molecule has 3 amide bonds. The van der Waals surface area contributed by atoms with Crippen molar-refractivity contribution in [3.63, 3.8) is 0 Å². The average molecular weight is 393 g/mol. The molecule has 7 heteroatoms. The zero-order valence-electron chi connectivity index (χ0n) is 16.6. The van der Waals surface area contributed by atoms with Gasteiger partial charge in [-0.25, -0.2) is 4.98 Å². The minimum atomic E-state index is -0.293. The largest absolute Gasteiger partial charge is 0.368 e. The third kappa shape index (κ3) is 3.60. The van der Waals surface area contributed by atoms with Crippen LogP contribution in [0.1, 0.15) is 50.8 Å². The normalized spacial score (nSPS) is 16.4. The summed E-state index contributed by atoms with van der Waals surface area (Å²) in [6.45, 7) is 5.18. The van der Waals surface area contributed by atoms with Crippen LogP contribution in [0.3, 0.4) is 0 Å². The molecule has 0 atom stereocenters. The fourth-order valence-electron chi connectivity index (χ4n) is 3.88. The van der Waals surface area contributed by atoms with E-state index in [-0.39, 0.29) is 17.7 Å². The van der Waals surface area contributed by atoms with Gasteiger partial charge in [-0.3, -0.25) is 19.3 Å². The molecule has 0 unspecified atom stereocenters. The molecule has 7 nitrogen and oxygen atoms in total. The molecule has 0 saturated carbocycles. The van der Waals surface area contributed by atoms with Crippen LogP contribution in [0, 0.1) is 0 Å². The lowest BCUT2D eigenvalue weighted by molar-refractivity contribution is -0.377. The minimum absolute atomic E-state index is 0.0962. The van der Waals surface area contributed by atoms with Gasteiger partial charge in [0, 0.05) is 56.1 Å². The van der Waals surface area contributed by atoms with Crippen LogP contribution in [0.4, 0.5) is 5.69 Å². The number of anilines is 1. The van der Waals surface area contributed by atoms with Crippen LogP contribution in [0.25, 0.3) is 0 Å². The van der Waals surface area contributed by atoms with E-state index in [1.54, 1.807) is 18.2 Å². The molecule has 29 heavy (non-hydrogen) atoms. The quantitative estimate of drug-likeness (QED) is 0.727. The third-order valence-corrected chi connectivity index (χ3v) is 5.59. The number of pyridine rings is 1. The van der Waals surface area contributed by atoms with Crippen LogP contribution in [0.15, 0.2) is 42.7 Å². The number of H-pyrrole nitrogens is 1. The smallest absolute Gasteiger partial charge is 0.261 e. The molecular weight excluding hydrogens is 368 g/mol. The number of benzene rings is 1. The Morgan fingerprint density at radius 3 is 2.34 bits per heavy atom. The highest BCUT2D eigenvalue weighted by Gasteiger charge is 2.36. The number of fused-ring (bicyclic) bond motifs is 1. The monoisotopic (exact) mass is 393 g/mol. The summed E-state index contributed by atoms with van der Waals surface area (Å²) in [5.41, 5.74) is 2.33. The van der Waals surface area contributed by atoms with E-state index in [0.29, 0.717) is 36.3 Å². The number of rotatable bonds is 5. The van der Waals surface area contributed by atoms with Crippen LogP contribution in [-0.2, 0) is 0 Å². The summed E-state index contributed by atoms with van der Waals surface area (Å²) in [6.07, 6.45) is 5.46. The van der Waals surface area contributed by atoms with Crippen molar-refractivity contribution in [3.05, 3.63) is 59.4 Å². The standard InChI is InChI=1S/C22H24N4O3/c1-2-3-10-26-21(28)18-5-4-16(15-19(18)22(26)29)20(27)25-13-11-24(12-14-25)17-6-8-23-9-7-17/h4-9,15H,2-3,10-14H2,1H3/p+1. The van der Waals surface area contributed by atoms with Gasteiger partial charge in [0.05, 0.1) is 11.1 Å². The van der Waals surface area contributed by atoms with Crippen molar-refractivity contribution in [3.8, 4) is 0 Å². The molecule has 0 bridgehead atoms. The summed E-state index contributed by atoms with van der Waals surface area (Å²) in [5.74, 6) is -0.647. The molecule has 0 spiro atoms. The first kappa shape index (κ1) is 19.1. The Hall–Kier alpha value is -3.22. The van der Waals surface area contributed by atoms with E-state index in [4.69, 9.17) is 0 Å². The van der Waals surface area contributed by atoms with Crippen LogP contribution < -0.4 is 9.88 Å². The van der Waals surface area contributed by atoms with Crippen molar-refractivity contribution in [1.29, 1.82) is 0 Å². The van der Waals surface area contributed by atoms with Crippen LogP contribution in [0.5, 0.6) is 0 Å². The molecule has 2 aliphatic heterocycles. The second-order valence-corrected chi connectivity index (χ2v) is 7.41. The van der Waals surface area contributed by atoms with E-state index in [2.05, 4.69) is 9.88 Å². The maximum Gasteiger partial charge on any atom is 0.261 e. The van der Waals surface area contributed by atoms with Crippen molar-refractivity contribution < 1.29 is 19.4 Å². The van der Waals surface area contributed by atoms with E-state index >= 15 is 0 Å². The van der Waals surface area contributed by atoms with Gasteiger partial charge in [-0.2, -0.15) is 0 Å². The summed E-state index contributed by atoms with van der Waals surface area (Å²) in [7, 11) is 0. The molecule has 3 heterocycles. The van der Waals surface area contributed by atoms with Gasteiger partial charge in [0.2, 0.25) is 0 Å². The molecule has 4 rings (SSSR count). The van der Waals surface area contributed by atoms with Gasteiger partial charge >= 0.3 is 0 Å². The van der Waals surface area contributed by atoms with Crippen molar-refractivity contribution in [2.24, 2.45) is 0 Å². The summed E-state index contributed by atoms with van der Waals surface area (Å²) >= 11 is 0. The highest BCUT2D eigenvalue weighted by atomic mass is 16.2. The lowest BCUT2D eigenvalue weighted by Crippen LogP contribution is -2.48. The SMILES string of the molecule is CCCCN1C(=O)c2ccc(C(=O)N3CCN(c4cc[nH+]cc4)CC3)cc2C1=O. The zero-order valence-corrected chi connectivity index (χ0v) is 16.6. The molecule has 150 valence electrons. The average Bonchev–Trinajstić information content (AvgIpc) is 3.01. The van der Waals surface area contributed by atoms with E-state index in [0.717, 1.165) is 31.6 Å². The first-order chi connectivity index (χ1) is 14.1. The Kier molecular flexibility index (Phi) is 5.29. The number of carbonyl (C=O) groups excluding carboxylic acids is 3. The van der Waals surface area contributed by atoms with Crippen LogP contribution in [0.2, 0.25) is 0 Å². The summed E-state index contributed by atoms with van der Waals surface area (Å²) in [5, 5.41) is 0. The highest BCUT2D eigenvalue weighted by Crippen LogP contribution is 2.25. The topological polar surface area (TPSA) is 75.1 Å². The fraction of sp³-hybridized carbons (Fsp3) is 0.364. The number of hydrogen-bond acceptors (Lipinski definition) is 4. The number of hydrogen-bond donors (Lipinski definition) is 0. The van der Waals surface area contributed by atoms with Crippen LogP contribution in [-0.4, -0.2) is 60.2 Å².